The molecule has 160 valence electrons. The zero-order valence-electron chi connectivity index (χ0n) is 16.6. The van der Waals surface area contributed by atoms with Gasteiger partial charge in [0.1, 0.15) is 17.5 Å². The van der Waals surface area contributed by atoms with Crippen LogP contribution >= 0.6 is 11.8 Å². The van der Waals surface area contributed by atoms with Crippen molar-refractivity contribution >= 4 is 41.4 Å². The number of β-lactam (4-membered cyclic amide) rings is 1. The molecule has 11 heteroatoms. The van der Waals surface area contributed by atoms with Crippen LogP contribution in [0.3, 0.4) is 0 Å². The summed E-state index contributed by atoms with van der Waals surface area (Å²) in [5.41, 5.74) is 0.481. The minimum atomic E-state index is -1.14. The maximum absolute atomic E-state index is 12.9. The first-order valence-electron chi connectivity index (χ1n) is 9.47. The normalized spacial score (nSPS) is 22.1. The second-order valence-corrected chi connectivity index (χ2v) is 7.77. The van der Waals surface area contributed by atoms with Crippen molar-refractivity contribution in [2.75, 3.05) is 25.9 Å². The van der Waals surface area contributed by atoms with E-state index in [2.05, 4.69) is 16.0 Å². The third-order valence-corrected chi connectivity index (χ3v) is 5.92. The maximum atomic E-state index is 12.9. The van der Waals surface area contributed by atoms with Crippen molar-refractivity contribution in [3.05, 3.63) is 35.9 Å². The van der Waals surface area contributed by atoms with E-state index in [0.29, 0.717) is 12.1 Å². The van der Waals surface area contributed by atoms with E-state index in [9.17, 15) is 24.0 Å². The summed E-state index contributed by atoms with van der Waals surface area (Å²) in [5, 5.41) is 7.59. The van der Waals surface area contributed by atoms with E-state index in [1.807, 2.05) is 0 Å². The fourth-order valence-corrected chi connectivity index (χ4v) is 3.94. The predicted octanol–water partition coefficient (Wildman–Crippen LogP) is -0.568. The Bertz CT molecular complexity index is 864. The number of likely N-dealkylation sites (N-methyl/N-ethyl adjacent to an activating group) is 1. The van der Waals surface area contributed by atoms with Gasteiger partial charge in [-0.15, -0.1) is 11.8 Å². The second-order valence-electron chi connectivity index (χ2n) is 6.79. The van der Waals surface area contributed by atoms with Gasteiger partial charge in [-0.25, -0.2) is 4.79 Å². The SMILES string of the molecule is CCN1CCN(C(=O)N[C@@H](C(=O)N[C@H]2C(=O)N[C@H]2SC)c2ccccc2)C(=O)C1=O. The van der Waals surface area contributed by atoms with Crippen LogP contribution in [0.5, 0.6) is 0 Å². The molecule has 0 radical (unpaired) electrons. The van der Waals surface area contributed by atoms with Crippen molar-refractivity contribution in [3.8, 4) is 0 Å². The topological polar surface area (TPSA) is 128 Å². The van der Waals surface area contributed by atoms with Crippen molar-refractivity contribution in [3.63, 3.8) is 0 Å². The number of piperazine rings is 1. The van der Waals surface area contributed by atoms with Gasteiger partial charge < -0.3 is 20.9 Å². The number of benzene rings is 1. The number of hydrogen-bond acceptors (Lipinski definition) is 6. The molecule has 0 unspecified atom stereocenters. The summed E-state index contributed by atoms with van der Waals surface area (Å²) in [6.07, 6.45) is 1.80. The summed E-state index contributed by atoms with van der Waals surface area (Å²) < 4.78 is 0. The van der Waals surface area contributed by atoms with E-state index in [0.717, 1.165) is 4.90 Å². The molecule has 10 nitrogen and oxygen atoms in total. The van der Waals surface area contributed by atoms with E-state index < -0.39 is 35.8 Å². The number of rotatable bonds is 6. The van der Waals surface area contributed by atoms with Crippen molar-refractivity contribution in [2.24, 2.45) is 0 Å². The quantitative estimate of drug-likeness (QED) is 0.407. The molecule has 3 N–H and O–H groups in total. The van der Waals surface area contributed by atoms with Crippen LogP contribution < -0.4 is 16.0 Å². The Kier molecular flexibility index (Phi) is 6.60. The summed E-state index contributed by atoms with van der Waals surface area (Å²) in [7, 11) is 0. The number of urea groups is 1. The van der Waals surface area contributed by atoms with Crippen molar-refractivity contribution in [1.29, 1.82) is 0 Å². The number of amides is 6. The molecule has 2 saturated heterocycles. The van der Waals surface area contributed by atoms with Gasteiger partial charge in [-0.3, -0.25) is 24.1 Å². The fourth-order valence-electron chi connectivity index (χ4n) is 3.24. The molecule has 2 fully saturated rings. The molecule has 2 aliphatic rings. The van der Waals surface area contributed by atoms with Crippen molar-refractivity contribution < 1.29 is 24.0 Å². The highest BCUT2D eigenvalue weighted by atomic mass is 32.2. The van der Waals surface area contributed by atoms with Gasteiger partial charge in [0.25, 0.3) is 0 Å². The average molecular weight is 433 g/mol. The highest BCUT2D eigenvalue weighted by molar-refractivity contribution is 7.99. The molecular weight excluding hydrogens is 410 g/mol. The molecule has 3 atom stereocenters. The Hall–Kier alpha value is -3.08. The van der Waals surface area contributed by atoms with Crippen LogP contribution in [0.25, 0.3) is 0 Å². The van der Waals surface area contributed by atoms with Crippen LogP contribution in [0.4, 0.5) is 4.79 Å². The Morgan fingerprint density at radius 2 is 1.87 bits per heavy atom. The summed E-state index contributed by atoms with van der Waals surface area (Å²) in [6.45, 7) is 2.38. The third kappa shape index (κ3) is 4.25. The zero-order valence-corrected chi connectivity index (χ0v) is 17.4. The smallest absolute Gasteiger partial charge is 0.325 e. The number of nitrogens with zero attached hydrogens (tertiary/aromatic N) is 2. The van der Waals surface area contributed by atoms with Crippen LogP contribution in [-0.2, 0) is 19.2 Å². The monoisotopic (exact) mass is 433 g/mol. The van der Waals surface area contributed by atoms with E-state index in [-0.39, 0.29) is 24.4 Å². The average Bonchev–Trinajstić information content (AvgIpc) is 2.76. The number of carbonyl (C=O) groups excluding carboxylic acids is 5. The summed E-state index contributed by atoms with van der Waals surface area (Å²) in [5.74, 6) is -2.58. The third-order valence-electron chi connectivity index (χ3n) is 5.02. The van der Waals surface area contributed by atoms with Gasteiger partial charge in [0, 0.05) is 19.6 Å². The number of hydrogen-bond donors (Lipinski definition) is 3. The highest BCUT2D eigenvalue weighted by Crippen LogP contribution is 2.20. The Morgan fingerprint density at radius 1 is 1.17 bits per heavy atom. The number of nitrogens with one attached hydrogen (secondary N) is 3. The van der Waals surface area contributed by atoms with Gasteiger partial charge in [-0.2, -0.15) is 0 Å². The van der Waals surface area contributed by atoms with Crippen LogP contribution in [0.1, 0.15) is 18.5 Å². The maximum Gasteiger partial charge on any atom is 0.325 e. The first-order chi connectivity index (χ1) is 14.4. The van der Waals surface area contributed by atoms with Gasteiger partial charge >= 0.3 is 17.8 Å². The molecule has 3 rings (SSSR count). The molecule has 2 heterocycles. The highest BCUT2D eigenvalue weighted by Gasteiger charge is 2.42. The van der Waals surface area contributed by atoms with Crippen LogP contribution in [0.2, 0.25) is 0 Å². The van der Waals surface area contributed by atoms with Crippen LogP contribution in [0.15, 0.2) is 30.3 Å². The number of carbonyl (C=O) groups is 5. The number of thioether (sulfide) groups is 1. The predicted molar refractivity (Wildman–Crippen MR) is 109 cm³/mol. The Morgan fingerprint density at radius 3 is 2.47 bits per heavy atom. The lowest BCUT2D eigenvalue weighted by Crippen LogP contribution is -2.68. The minimum absolute atomic E-state index is 0.0347. The molecule has 0 aliphatic carbocycles. The first kappa shape index (κ1) is 21.6. The van der Waals surface area contributed by atoms with E-state index in [1.54, 1.807) is 43.5 Å². The van der Waals surface area contributed by atoms with Gasteiger partial charge in [-0.05, 0) is 18.7 Å². The molecule has 0 spiro atoms. The second kappa shape index (κ2) is 9.16. The van der Waals surface area contributed by atoms with E-state index in [4.69, 9.17) is 0 Å². The minimum Gasteiger partial charge on any atom is -0.340 e. The fraction of sp³-hybridized carbons (Fsp3) is 0.421. The Balaban J connectivity index is 1.76. The van der Waals surface area contributed by atoms with E-state index in [1.165, 1.54) is 16.7 Å². The first-order valence-corrected chi connectivity index (χ1v) is 10.8. The lowest BCUT2D eigenvalue weighted by atomic mass is 10.0. The van der Waals surface area contributed by atoms with Crippen LogP contribution in [-0.4, -0.2) is 76.8 Å². The summed E-state index contributed by atoms with van der Waals surface area (Å²) in [4.78, 5) is 64.0. The molecule has 2 aliphatic heterocycles. The molecule has 6 amide bonds. The summed E-state index contributed by atoms with van der Waals surface area (Å²) >= 11 is 1.38. The molecule has 0 aromatic heterocycles. The molecule has 1 aromatic rings. The van der Waals surface area contributed by atoms with Gasteiger partial charge in [0.05, 0.1) is 0 Å². The van der Waals surface area contributed by atoms with Crippen molar-refractivity contribution in [1.82, 2.24) is 25.8 Å². The van der Waals surface area contributed by atoms with Gasteiger partial charge in [-0.1, -0.05) is 30.3 Å². The lowest BCUT2D eigenvalue weighted by molar-refractivity contribution is -0.153. The van der Waals surface area contributed by atoms with Crippen molar-refractivity contribution in [2.45, 2.75) is 24.4 Å². The molecule has 1 aromatic carbocycles. The lowest BCUT2D eigenvalue weighted by Gasteiger charge is -2.37. The molecule has 0 saturated carbocycles. The Labute approximate surface area is 177 Å². The van der Waals surface area contributed by atoms with Gasteiger partial charge in [0.2, 0.25) is 11.8 Å². The van der Waals surface area contributed by atoms with Gasteiger partial charge in [0.15, 0.2) is 0 Å². The molecule has 30 heavy (non-hydrogen) atoms. The van der Waals surface area contributed by atoms with E-state index >= 15 is 0 Å². The number of imide groups is 1. The van der Waals surface area contributed by atoms with Crippen LogP contribution in [0, 0.1) is 0 Å². The largest absolute Gasteiger partial charge is 0.340 e. The summed E-state index contributed by atoms with van der Waals surface area (Å²) in [6, 6.07) is 5.78. The zero-order chi connectivity index (χ0) is 21.8. The molecular formula is C19H23N5O5S. The molecule has 0 bridgehead atoms. The standard InChI is InChI=1S/C19H23N5O5S/c1-3-23-9-10-24(18(28)17(23)27)19(29)21-12(11-7-5-4-6-8-11)14(25)20-13-15(26)22-16(13)30-2/h4-8,12-13,16H,3,9-10H2,1-2H3,(H,20,25)(H,21,29)(H,22,26)/t12-,13+,16+/m1/s1.